The Morgan fingerprint density at radius 2 is 2.12 bits per heavy atom. The predicted molar refractivity (Wildman–Crippen MR) is 62.4 cm³/mol. The fraction of sp³-hybridized carbons (Fsp3) is 0.500. The lowest BCUT2D eigenvalue weighted by molar-refractivity contribution is 0.0935. The fourth-order valence-corrected chi connectivity index (χ4v) is 1.58. The van der Waals surface area contributed by atoms with Crippen molar-refractivity contribution in [1.29, 1.82) is 0 Å². The molecule has 0 fully saturated rings. The molecule has 0 aliphatic carbocycles. The van der Waals surface area contributed by atoms with E-state index in [2.05, 4.69) is 10.3 Å². The van der Waals surface area contributed by atoms with E-state index < -0.39 is 5.91 Å². The number of aromatic nitrogens is 1. The summed E-state index contributed by atoms with van der Waals surface area (Å²) in [4.78, 5) is 26.2. The number of nitrogens with zero attached hydrogens (tertiary/aromatic N) is 1. The average molecular weight is 241 g/mol. The van der Waals surface area contributed by atoms with Crippen LogP contribution in [0.3, 0.4) is 0 Å². The van der Waals surface area contributed by atoms with Crippen molar-refractivity contribution in [2.24, 2.45) is 11.1 Å². The molecule has 0 saturated carbocycles. The molecule has 0 aliphatic rings. The summed E-state index contributed by atoms with van der Waals surface area (Å²) in [7, 11) is 0. The van der Waals surface area contributed by atoms with Gasteiger partial charge >= 0.3 is 0 Å². The summed E-state index contributed by atoms with van der Waals surface area (Å²) in [6.45, 7) is 6.60. The zero-order valence-electron chi connectivity index (χ0n) is 9.53. The molecule has 1 aromatic heterocycles. The summed E-state index contributed by atoms with van der Waals surface area (Å²) >= 11 is 1.07. The largest absolute Gasteiger partial charge is 0.364 e. The molecule has 88 valence electrons. The smallest absolute Gasteiger partial charge is 0.277 e. The van der Waals surface area contributed by atoms with Crippen LogP contribution in [0.1, 0.15) is 41.1 Å². The highest BCUT2D eigenvalue weighted by Gasteiger charge is 2.16. The molecule has 0 atom stereocenters. The lowest BCUT2D eigenvalue weighted by Crippen LogP contribution is -2.32. The van der Waals surface area contributed by atoms with E-state index in [0.717, 1.165) is 11.3 Å². The molecule has 0 aromatic carbocycles. The van der Waals surface area contributed by atoms with Gasteiger partial charge in [-0.25, -0.2) is 4.98 Å². The number of carbonyl (C=O) groups is 2. The van der Waals surface area contributed by atoms with Crippen LogP contribution >= 0.6 is 11.3 Å². The van der Waals surface area contributed by atoms with Crippen LogP contribution in [-0.4, -0.2) is 23.3 Å². The number of hydrogen-bond acceptors (Lipinski definition) is 4. The number of rotatable bonds is 3. The minimum atomic E-state index is -0.611. The molecule has 0 bridgehead atoms. The number of carbonyl (C=O) groups excluding carboxylic acids is 2. The van der Waals surface area contributed by atoms with Gasteiger partial charge in [-0.1, -0.05) is 20.8 Å². The van der Waals surface area contributed by atoms with E-state index in [1.54, 1.807) is 0 Å². The lowest BCUT2D eigenvalue weighted by atomic mass is 9.97. The van der Waals surface area contributed by atoms with Gasteiger partial charge in [-0.2, -0.15) is 0 Å². The third kappa shape index (κ3) is 3.62. The Hall–Kier alpha value is -1.43. The molecule has 0 saturated heterocycles. The van der Waals surface area contributed by atoms with E-state index in [0.29, 0.717) is 6.54 Å². The molecule has 1 rings (SSSR count). The Morgan fingerprint density at radius 3 is 2.56 bits per heavy atom. The van der Waals surface area contributed by atoms with E-state index in [-0.39, 0.29) is 22.0 Å². The standard InChI is InChI=1S/C10H15N3O2S/c1-10(2,3)5-12-8(15)6-4-16-9(13-6)7(11)14/h4H,5H2,1-3H3,(H2,11,14)(H,12,15). The fourth-order valence-electron chi connectivity index (χ4n) is 0.927. The van der Waals surface area contributed by atoms with Crippen LogP contribution in [0.2, 0.25) is 0 Å². The molecular formula is C10H15N3O2S. The SMILES string of the molecule is CC(C)(C)CNC(=O)c1csc(C(N)=O)n1. The number of hydrogen-bond donors (Lipinski definition) is 2. The molecule has 0 aliphatic heterocycles. The highest BCUT2D eigenvalue weighted by molar-refractivity contribution is 7.11. The molecule has 6 heteroatoms. The van der Waals surface area contributed by atoms with Gasteiger partial charge in [0.15, 0.2) is 5.01 Å². The van der Waals surface area contributed by atoms with Crippen LogP contribution in [0, 0.1) is 5.41 Å². The van der Waals surface area contributed by atoms with Crippen molar-refractivity contribution in [1.82, 2.24) is 10.3 Å². The summed E-state index contributed by atoms with van der Waals surface area (Å²) in [5.74, 6) is -0.890. The van der Waals surface area contributed by atoms with Crippen LogP contribution in [-0.2, 0) is 0 Å². The second-order valence-corrected chi connectivity index (χ2v) is 5.50. The van der Waals surface area contributed by atoms with Gasteiger partial charge in [-0.05, 0) is 5.41 Å². The normalized spacial score (nSPS) is 11.2. The van der Waals surface area contributed by atoms with Gasteiger partial charge < -0.3 is 11.1 Å². The van der Waals surface area contributed by atoms with Crippen LogP contribution in [0.5, 0.6) is 0 Å². The van der Waals surface area contributed by atoms with Crippen molar-refractivity contribution >= 4 is 23.2 Å². The zero-order chi connectivity index (χ0) is 12.3. The van der Waals surface area contributed by atoms with E-state index in [1.807, 2.05) is 20.8 Å². The van der Waals surface area contributed by atoms with Gasteiger partial charge in [0.1, 0.15) is 5.69 Å². The van der Waals surface area contributed by atoms with Gasteiger partial charge in [-0.3, -0.25) is 9.59 Å². The third-order valence-electron chi connectivity index (χ3n) is 1.73. The van der Waals surface area contributed by atoms with Crippen molar-refractivity contribution < 1.29 is 9.59 Å². The minimum Gasteiger partial charge on any atom is -0.364 e. The van der Waals surface area contributed by atoms with Gasteiger partial charge in [0, 0.05) is 11.9 Å². The Kier molecular flexibility index (Phi) is 3.64. The van der Waals surface area contributed by atoms with Gasteiger partial charge in [0.25, 0.3) is 11.8 Å². The van der Waals surface area contributed by atoms with Crippen molar-refractivity contribution in [2.75, 3.05) is 6.54 Å². The van der Waals surface area contributed by atoms with Gasteiger partial charge in [0.2, 0.25) is 0 Å². The van der Waals surface area contributed by atoms with Crippen LogP contribution in [0.15, 0.2) is 5.38 Å². The molecule has 3 N–H and O–H groups in total. The van der Waals surface area contributed by atoms with E-state index in [1.165, 1.54) is 5.38 Å². The van der Waals surface area contributed by atoms with Crippen molar-refractivity contribution in [3.8, 4) is 0 Å². The highest BCUT2D eigenvalue weighted by Crippen LogP contribution is 2.12. The maximum Gasteiger partial charge on any atom is 0.277 e. The van der Waals surface area contributed by atoms with Gasteiger partial charge in [0.05, 0.1) is 0 Å². The molecule has 1 aromatic rings. The number of nitrogens with two attached hydrogens (primary N) is 1. The summed E-state index contributed by atoms with van der Waals surface area (Å²) in [5.41, 5.74) is 5.30. The second-order valence-electron chi connectivity index (χ2n) is 4.65. The third-order valence-corrected chi connectivity index (χ3v) is 2.58. The monoisotopic (exact) mass is 241 g/mol. The average Bonchev–Trinajstić information content (AvgIpc) is 2.61. The van der Waals surface area contributed by atoms with Crippen molar-refractivity contribution in [3.63, 3.8) is 0 Å². The summed E-state index contributed by atoms with van der Waals surface area (Å²) in [6, 6.07) is 0. The van der Waals surface area contributed by atoms with Crippen LogP contribution < -0.4 is 11.1 Å². The first-order chi connectivity index (χ1) is 7.29. The quantitative estimate of drug-likeness (QED) is 0.828. The zero-order valence-corrected chi connectivity index (χ0v) is 10.4. The van der Waals surface area contributed by atoms with E-state index in [9.17, 15) is 9.59 Å². The number of primary amides is 1. The topological polar surface area (TPSA) is 85.1 Å². The van der Waals surface area contributed by atoms with Crippen molar-refractivity contribution in [2.45, 2.75) is 20.8 Å². The van der Waals surface area contributed by atoms with Crippen LogP contribution in [0.4, 0.5) is 0 Å². The first-order valence-corrected chi connectivity index (χ1v) is 5.71. The van der Waals surface area contributed by atoms with E-state index in [4.69, 9.17) is 5.73 Å². The molecular weight excluding hydrogens is 226 g/mol. The van der Waals surface area contributed by atoms with E-state index >= 15 is 0 Å². The predicted octanol–water partition coefficient (Wildman–Crippen LogP) is 1.02. The molecule has 2 amide bonds. The Bertz CT molecular complexity index is 406. The number of thiazole rings is 1. The number of nitrogens with one attached hydrogen (secondary N) is 1. The summed E-state index contributed by atoms with van der Waals surface area (Å²) < 4.78 is 0. The summed E-state index contributed by atoms with van der Waals surface area (Å²) in [5, 5.41) is 4.42. The molecule has 1 heterocycles. The summed E-state index contributed by atoms with van der Waals surface area (Å²) in [6.07, 6.45) is 0. The molecule has 5 nitrogen and oxygen atoms in total. The second kappa shape index (κ2) is 4.61. The Labute approximate surface area is 98.1 Å². The molecule has 16 heavy (non-hydrogen) atoms. The Morgan fingerprint density at radius 1 is 1.50 bits per heavy atom. The van der Waals surface area contributed by atoms with Crippen molar-refractivity contribution in [3.05, 3.63) is 16.1 Å². The first-order valence-electron chi connectivity index (χ1n) is 4.83. The molecule has 0 radical (unpaired) electrons. The van der Waals surface area contributed by atoms with Crippen LogP contribution in [0.25, 0.3) is 0 Å². The molecule has 0 unspecified atom stereocenters. The maximum absolute atomic E-state index is 11.6. The minimum absolute atomic E-state index is 0.0121. The maximum atomic E-state index is 11.6. The number of amides is 2. The lowest BCUT2D eigenvalue weighted by Gasteiger charge is -2.18. The van der Waals surface area contributed by atoms with Gasteiger partial charge in [-0.15, -0.1) is 11.3 Å². The molecule has 0 spiro atoms. The Balaban J connectivity index is 2.63. The first kappa shape index (κ1) is 12.6. The highest BCUT2D eigenvalue weighted by atomic mass is 32.1.